The summed E-state index contributed by atoms with van der Waals surface area (Å²) >= 11 is 0. The van der Waals surface area contributed by atoms with E-state index < -0.39 is 0 Å². The Balaban J connectivity index is 0.00000300. The topological polar surface area (TPSA) is 77.2 Å². The number of carbonyl (C=O) groups is 1. The van der Waals surface area contributed by atoms with Gasteiger partial charge in [0.25, 0.3) is 0 Å². The third-order valence-corrected chi connectivity index (χ3v) is 5.63. The Morgan fingerprint density at radius 2 is 1.79 bits per heavy atom. The van der Waals surface area contributed by atoms with Gasteiger partial charge in [0.05, 0.1) is 12.2 Å². The summed E-state index contributed by atoms with van der Waals surface area (Å²) in [5.74, 6) is 2.12. The second-order valence-electron chi connectivity index (χ2n) is 7.64. The maximum absolute atomic E-state index is 12.4. The molecule has 0 saturated carbocycles. The third kappa shape index (κ3) is 6.56. The fourth-order valence-corrected chi connectivity index (χ4v) is 3.93. The second-order valence-corrected chi connectivity index (χ2v) is 7.64. The lowest BCUT2D eigenvalue weighted by Crippen LogP contribution is -2.54. The highest BCUT2D eigenvalue weighted by Crippen LogP contribution is 2.13. The first-order valence-corrected chi connectivity index (χ1v) is 10.5. The molecular formula is C20H35IN6O2. The van der Waals surface area contributed by atoms with E-state index in [1.165, 1.54) is 0 Å². The van der Waals surface area contributed by atoms with E-state index in [4.69, 9.17) is 9.52 Å². The Morgan fingerprint density at radius 3 is 2.38 bits per heavy atom. The lowest BCUT2D eigenvalue weighted by Gasteiger charge is -2.36. The fourth-order valence-electron chi connectivity index (χ4n) is 3.93. The highest BCUT2D eigenvalue weighted by molar-refractivity contribution is 14.0. The van der Waals surface area contributed by atoms with Crippen molar-refractivity contribution < 1.29 is 9.32 Å². The maximum Gasteiger partial charge on any atom is 0.236 e. The zero-order valence-corrected chi connectivity index (χ0v) is 20.3. The standard InChI is InChI=1S/C20H34N6O2.HI/c1-4-21-20(22-8-7-18-16(2)23-28-17(18)3)26-13-11-24(12-14-26)15-19(27)25-9-5-6-10-25;/h4-15H2,1-3H3,(H,21,22);1H. The molecule has 2 aliphatic rings. The number of hydrogen-bond donors (Lipinski definition) is 1. The van der Waals surface area contributed by atoms with Gasteiger partial charge in [-0.15, -0.1) is 24.0 Å². The number of aromatic nitrogens is 1. The number of aryl methyl sites for hydroxylation is 2. The zero-order chi connectivity index (χ0) is 19.9. The smallest absolute Gasteiger partial charge is 0.236 e. The SMILES string of the molecule is CCNC(=NCCc1c(C)noc1C)N1CCN(CC(=O)N2CCCC2)CC1.I. The van der Waals surface area contributed by atoms with Crippen molar-refractivity contribution in [2.75, 3.05) is 58.9 Å². The number of halogens is 1. The number of piperazine rings is 1. The Bertz CT molecular complexity index is 659. The summed E-state index contributed by atoms with van der Waals surface area (Å²) < 4.78 is 5.24. The second kappa shape index (κ2) is 11.7. The van der Waals surface area contributed by atoms with E-state index >= 15 is 0 Å². The maximum atomic E-state index is 12.4. The van der Waals surface area contributed by atoms with Gasteiger partial charge in [0.15, 0.2) is 5.96 Å². The van der Waals surface area contributed by atoms with Crippen molar-refractivity contribution in [3.63, 3.8) is 0 Å². The number of nitrogens with one attached hydrogen (secondary N) is 1. The van der Waals surface area contributed by atoms with Gasteiger partial charge in [-0.1, -0.05) is 5.16 Å². The summed E-state index contributed by atoms with van der Waals surface area (Å²) in [5.41, 5.74) is 2.11. The molecule has 3 rings (SSSR count). The quantitative estimate of drug-likeness (QED) is 0.351. The van der Waals surface area contributed by atoms with Crippen molar-refractivity contribution in [1.82, 2.24) is 25.2 Å². The van der Waals surface area contributed by atoms with Crippen LogP contribution in [-0.2, 0) is 11.2 Å². The molecule has 3 heterocycles. The Labute approximate surface area is 191 Å². The highest BCUT2D eigenvalue weighted by Gasteiger charge is 2.24. The molecule has 8 nitrogen and oxygen atoms in total. The van der Waals surface area contributed by atoms with Crippen molar-refractivity contribution in [1.29, 1.82) is 0 Å². The molecule has 1 aromatic heterocycles. The van der Waals surface area contributed by atoms with E-state index in [-0.39, 0.29) is 29.9 Å². The number of carbonyl (C=O) groups excluding carboxylic acids is 1. The van der Waals surface area contributed by atoms with Crippen LogP contribution in [0.15, 0.2) is 9.52 Å². The number of likely N-dealkylation sites (tertiary alicyclic amines) is 1. The molecule has 1 N–H and O–H groups in total. The van der Waals surface area contributed by atoms with E-state index in [1.807, 2.05) is 18.7 Å². The number of nitrogens with zero attached hydrogens (tertiary/aromatic N) is 5. The van der Waals surface area contributed by atoms with E-state index in [9.17, 15) is 4.79 Å². The normalized spacial score (nSPS) is 18.1. The van der Waals surface area contributed by atoms with E-state index in [1.54, 1.807) is 0 Å². The van der Waals surface area contributed by atoms with Crippen molar-refractivity contribution in [2.24, 2.45) is 4.99 Å². The largest absolute Gasteiger partial charge is 0.361 e. The lowest BCUT2D eigenvalue weighted by atomic mass is 10.1. The van der Waals surface area contributed by atoms with Crippen LogP contribution >= 0.6 is 24.0 Å². The molecule has 29 heavy (non-hydrogen) atoms. The molecule has 2 aliphatic heterocycles. The molecule has 0 bridgehead atoms. The van der Waals surface area contributed by atoms with E-state index in [2.05, 4.69) is 27.2 Å². The molecular weight excluding hydrogens is 483 g/mol. The highest BCUT2D eigenvalue weighted by atomic mass is 127. The van der Waals surface area contributed by atoms with Crippen LogP contribution in [0.25, 0.3) is 0 Å². The predicted molar refractivity (Wildman–Crippen MR) is 125 cm³/mol. The van der Waals surface area contributed by atoms with Gasteiger partial charge in [-0.25, -0.2) is 0 Å². The minimum Gasteiger partial charge on any atom is -0.361 e. The van der Waals surface area contributed by atoms with Crippen LogP contribution in [0, 0.1) is 13.8 Å². The molecule has 0 unspecified atom stereocenters. The fraction of sp³-hybridized carbons (Fsp3) is 0.750. The summed E-state index contributed by atoms with van der Waals surface area (Å²) in [5, 5.41) is 7.42. The van der Waals surface area contributed by atoms with E-state index in [0.717, 1.165) is 88.1 Å². The van der Waals surface area contributed by atoms with E-state index in [0.29, 0.717) is 13.1 Å². The molecule has 1 aromatic rings. The predicted octanol–water partition coefficient (Wildman–Crippen LogP) is 1.66. The van der Waals surface area contributed by atoms with Gasteiger partial charge >= 0.3 is 0 Å². The first-order valence-electron chi connectivity index (χ1n) is 10.5. The monoisotopic (exact) mass is 518 g/mol. The van der Waals surface area contributed by atoms with Crippen LogP contribution in [-0.4, -0.2) is 90.6 Å². The van der Waals surface area contributed by atoms with Crippen LogP contribution in [0.1, 0.15) is 36.8 Å². The minimum absolute atomic E-state index is 0. The van der Waals surface area contributed by atoms with Gasteiger partial charge in [0.2, 0.25) is 5.91 Å². The lowest BCUT2D eigenvalue weighted by molar-refractivity contribution is -0.131. The molecule has 1 amide bonds. The van der Waals surface area contributed by atoms with Crippen molar-refractivity contribution >= 4 is 35.8 Å². The third-order valence-electron chi connectivity index (χ3n) is 5.63. The molecule has 0 spiro atoms. The van der Waals surface area contributed by atoms with Crippen LogP contribution in [0.5, 0.6) is 0 Å². The summed E-state index contributed by atoms with van der Waals surface area (Å²) in [6, 6.07) is 0. The number of guanidine groups is 1. The average Bonchev–Trinajstić information content (AvgIpc) is 3.33. The Hall–Kier alpha value is -1.36. The van der Waals surface area contributed by atoms with Gasteiger partial charge in [-0.2, -0.15) is 0 Å². The number of rotatable bonds is 6. The van der Waals surface area contributed by atoms with Crippen molar-refractivity contribution in [3.8, 4) is 0 Å². The molecule has 0 aliphatic carbocycles. The molecule has 9 heteroatoms. The van der Waals surface area contributed by atoms with Gasteiger partial charge < -0.3 is 19.6 Å². The summed E-state index contributed by atoms with van der Waals surface area (Å²) in [7, 11) is 0. The first kappa shape index (κ1) is 23.9. The summed E-state index contributed by atoms with van der Waals surface area (Å²) in [4.78, 5) is 23.7. The van der Waals surface area contributed by atoms with Crippen LogP contribution in [0.3, 0.4) is 0 Å². The molecule has 2 saturated heterocycles. The molecule has 2 fully saturated rings. The molecule has 0 aromatic carbocycles. The zero-order valence-electron chi connectivity index (χ0n) is 17.9. The van der Waals surface area contributed by atoms with Gasteiger partial charge in [-0.3, -0.25) is 14.7 Å². The number of aliphatic imine (C=N–C) groups is 1. The Morgan fingerprint density at radius 1 is 1.10 bits per heavy atom. The first-order chi connectivity index (χ1) is 13.6. The molecule has 0 radical (unpaired) electrons. The van der Waals surface area contributed by atoms with Gasteiger partial charge in [0.1, 0.15) is 5.76 Å². The number of amides is 1. The van der Waals surface area contributed by atoms with Gasteiger partial charge in [0, 0.05) is 57.9 Å². The number of hydrogen-bond acceptors (Lipinski definition) is 5. The average molecular weight is 518 g/mol. The minimum atomic E-state index is 0. The molecule has 0 atom stereocenters. The molecule has 164 valence electrons. The Kier molecular flexibility index (Phi) is 9.67. The van der Waals surface area contributed by atoms with Crippen LogP contribution in [0.4, 0.5) is 0 Å². The summed E-state index contributed by atoms with van der Waals surface area (Å²) in [6.07, 6.45) is 3.13. The van der Waals surface area contributed by atoms with Gasteiger partial charge in [-0.05, 0) is 40.0 Å². The summed E-state index contributed by atoms with van der Waals surface area (Å²) in [6.45, 7) is 13.6. The van der Waals surface area contributed by atoms with Crippen molar-refractivity contribution in [2.45, 2.75) is 40.0 Å². The van der Waals surface area contributed by atoms with Crippen LogP contribution in [0.2, 0.25) is 0 Å². The van der Waals surface area contributed by atoms with Crippen LogP contribution < -0.4 is 5.32 Å². The van der Waals surface area contributed by atoms with Crippen molar-refractivity contribution in [3.05, 3.63) is 17.0 Å².